The van der Waals surface area contributed by atoms with E-state index in [1.54, 1.807) is 0 Å². The lowest BCUT2D eigenvalue weighted by Crippen LogP contribution is -2.54. The number of sulfone groups is 1. The van der Waals surface area contributed by atoms with Gasteiger partial charge >= 0.3 is 35.7 Å². The lowest BCUT2D eigenvalue weighted by atomic mass is 10.3. The molecule has 1 unspecified atom stereocenters. The maximum Gasteiger partial charge on any atom is 0.461 e. The van der Waals surface area contributed by atoms with Crippen LogP contribution in [0.5, 0.6) is 0 Å². The van der Waals surface area contributed by atoms with Crippen molar-refractivity contribution in [2.24, 2.45) is 0 Å². The van der Waals surface area contributed by atoms with Crippen molar-refractivity contribution in [3.8, 4) is 0 Å². The minimum atomic E-state index is -6.91. The molecule has 0 N–H and O–H groups in total. The van der Waals surface area contributed by atoms with Crippen LogP contribution >= 0.6 is 0 Å². The predicted octanol–water partition coefficient (Wildman–Crippen LogP) is 3.71. The van der Waals surface area contributed by atoms with E-state index in [0.717, 1.165) is 0 Å². The highest BCUT2D eigenvalue weighted by Gasteiger charge is 2.76. The van der Waals surface area contributed by atoms with Crippen LogP contribution < -0.4 is 0 Å². The molecule has 1 atom stereocenters. The molecule has 200 valence electrons. The normalized spacial score (nSPS) is 14.6. The molecule has 1 aromatic carbocycles. The molecule has 0 aliphatic rings. The van der Waals surface area contributed by atoms with Gasteiger partial charge in [0.15, 0.2) is 22.2 Å². The van der Waals surface area contributed by atoms with E-state index in [0.29, 0.717) is 0 Å². The first-order valence-electron chi connectivity index (χ1n) is 8.06. The van der Waals surface area contributed by atoms with Gasteiger partial charge in [0.25, 0.3) is 5.69 Å². The molecule has 0 bridgehead atoms. The molecule has 8 nitrogen and oxygen atoms in total. The Balaban J connectivity index is 3.35. The van der Waals surface area contributed by atoms with Crippen molar-refractivity contribution in [3.05, 3.63) is 28.3 Å². The summed E-state index contributed by atoms with van der Waals surface area (Å²) in [7, 11) is -9.96. The SMILES string of the molecule is O=C(CS(=O)(=O)c1ccc(S(=O)C(F)(F)C(F)(F)C(F)(F)F)cc1[N+](=O)[O-])OCC(F)(F)C(F)F. The van der Waals surface area contributed by atoms with E-state index in [1.807, 2.05) is 0 Å². The number of ether oxygens (including phenoxy) is 1. The molecular formula is C14H8F11NO7S2. The van der Waals surface area contributed by atoms with E-state index in [-0.39, 0.29) is 18.2 Å². The smallest absolute Gasteiger partial charge is 0.458 e. The topological polar surface area (TPSA) is 121 Å². The Morgan fingerprint density at radius 1 is 1.06 bits per heavy atom. The maximum absolute atomic E-state index is 13.6. The first-order chi connectivity index (χ1) is 15.5. The Morgan fingerprint density at radius 2 is 1.57 bits per heavy atom. The van der Waals surface area contributed by atoms with Crippen LogP contribution in [0.25, 0.3) is 0 Å². The first-order valence-corrected chi connectivity index (χ1v) is 10.9. The summed E-state index contributed by atoms with van der Waals surface area (Å²) in [5.41, 5.74) is -1.84. The van der Waals surface area contributed by atoms with Gasteiger partial charge < -0.3 is 4.74 Å². The van der Waals surface area contributed by atoms with Crippen molar-refractivity contribution >= 4 is 32.3 Å². The summed E-state index contributed by atoms with van der Waals surface area (Å²) in [4.78, 5) is 17.4. The highest BCUT2D eigenvalue weighted by Crippen LogP contribution is 2.49. The third-order valence-electron chi connectivity index (χ3n) is 3.68. The molecule has 0 radical (unpaired) electrons. The van der Waals surface area contributed by atoms with Crippen molar-refractivity contribution in [3.63, 3.8) is 0 Å². The zero-order valence-corrected chi connectivity index (χ0v) is 17.6. The number of nitro groups is 1. The summed E-state index contributed by atoms with van der Waals surface area (Å²) in [5.74, 6) is -15.9. The van der Waals surface area contributed by atoms with E-state index in [1.165, 1.54) is 0 Å². The van der Waals surface area contributed by atoms with Crippen LogP contribution in [0.1, 0.15) is 0 Å². The summed E-state index contributed by atoms with van der Waals surface area (Å²) in [6, 6.07) is -0.504. The average molecular weight is 575 g/mol. The zero-order chi connectivity index (χ0) is 27.8. The van der Waals surface area contributed by atoms with Crippen LogP contribution in [0, 0.1) is 10.1 Å². The molecule has 35 heavy (non-hydrogen) atoms. The Kier molecular flexibility index (Phi) is 8.54. The first kappa shape index (κ1) is 30.5. The van der Waals surface area contributed by atoms with E-state index >= 15 is 0 Å². The molecule has 0 aliphatic carbocycles. The summed E-state index contributed by atoms with van der Waals surface area (Å²) < 4.78 is 179. The van der Waals surface area contributed by atoms with Crippen molar-refractivity contribution in [1.29, 1.82) is 0 Å². The number of nitrogens with zero attached hydrogens (tertiary/aromatic N) is 1. The van der Waals surface area contributed by atoms with Crippen molar-refractivity contribution in [1.82, 2.24) is 0 Å². The lowest BCUT2D eigenvalue weighted by molar-refractivity contribution is -0.388. The van der Waals surface area contributed by atoms with Gasteiger partial charge in [-0.1, -0.05) is 0 Å². The number of benzene rings is 1. The van der Waals surface area contributed by atoms with Crippen LogP contribution in [0.2, 0.25) is 0 Å². The minimum Gasteiger partial charge on any atom is -0.458 e. The third kappa shape index (κ3) is 6.35. The van der Waals surface area contributed by atoms with Gasteiger partial charge in [0, 0.05) is 6.07 Å². The molecule has 0 aliphatic heterocycles. The van der Waals surface area contributed by atoms with Gasteiger partial charge in [-0.05, 0) is 12.1 Å². The van der Waals surface area contributed by atoms with Crippen LogP contribution in [-0.2, 0) is 30.2 Å². The summed E-state index contributed by atoms with van der Waals surface area (Å²) in [6.45, 7) is -2.30. The molecule has 21 heteroatoms. The van der Waals surface area contributed by atoms with Gasteiger partial charge in [-0.15, -0.1) is 0 Å². The van der Waals surface area contributed by atoms with Gasteiger partial charge in [-0.25, -0.2) is 21.4 Å². The van der Waals surface area contributed by atoms with Gasteiger partial charge in [-0.3, -0.25) is 14.9 Å². The number of alkyl halides is 11. The van der Waals surface area contributed by atoms with Gasteiger partial charge in [-0.2, -0.15) is 39.5 Å². The number of halogens is 11. The fourth-order valence-electron chi connectivity index (χ4n) is 1.96. The standard InChI is InChI=1S/C14H8F11NO7S2/c15-10(16)11(17,18)5-33-9(27)4-35(31,32)8-2-1-6(3-7(8)26(28)29)34(30)14(24,25)12(19,20)13(21,22)23/h1-3,10H,4-5H2. The minimum absolute atomic E-state index is 0.0659. The van der Waals surface area contributed by atoms with E-state index in [9.17, 15) is 75.8 Å². The molecular weight excluding hydrogens is 567 g/mol. The monoisotopic (exact) mass is 575 g/mol. The Labute approximate surface area is 188 Å². The van der Waals surface area contributed by atoms with Crippen LogP contribution in [0.4, 0.5) is 54.0 Å². The zero-order valence-electron chi connectivity index (χ0n) is 16.0. The summed E-state index contributed by atoms with van der Waals surface area (Å²) in [5, 5.41) is 4.71. The quantitative estimate of drug-likeness (QED) is 0.181. The van der Waals surface area contributed by atoms with Crippen molar-refractivity contribution < 1.29 is 75.4 Å². The lowest BCUT2D eigenvalue weighted by Gasteiger charge is -2.27. The highest BCUT2D eigenvalue weighted by atomic mass is 32.2. The van der Waals surface area contributed by atoms with Crippen LogP contribution in [0.3, 0.4) is 0 Å². The fraction of sp³-hybridized carbons (Fsp3) is 0.500. The van der Waals surface area contributed by atoms with Crippen molar-refractivity contribution in [2.45, 2.75) is 39.5 Å². The number of esters is 1. The number of nitro benzene ring substituents is 1. The molecule has 0 saturated heterocycles. The number of carbonyl (C=O) groups is 1. The Morgan fingerprint density at radius 3 is 2.00 bits per heavy atom. The number of carbonyl (C=O) groups excluding carboxylic acids is 1. The molecule has 0 saturated carbocycles. The highest BCUT2D eigenvalue weighted by molar-refractivity contribution is 7.92. The van der Waals surface area contributed by atoms with E-state index in [4.69, 9.17) is 0 Å². The largest absolute Gasteiger partial charge is 0.461 e. The maximum atomic E-state index is 13.6. The molecule has 0 heterocycles. The molecule has 0 spiro atoms. The number of hydrogen-bond acceptors (Lipinski definition) is 7. The molecule has 0 fully saturated rings. The van der Waals surface area contributed by atoms with Gasteiger partial charge in [0.2, 0.25) is 0 Å². The Bertz CT molecular complexity index is 1120. The van der Waals surface area contributed by atoms with Gasteiger partial charge in [0.05, 0.1) is 9.82 Å². The number of rotatable bonds is 10. The number of hydrogen-bond donors (Lipinski definition) is 0. The predicted molar refractivity (Wildman–Crippen MR) is 89.4 cm³/mol. The second kappa shape index (κ2) is 9.82. The van der Waals surface area contributed by atoms with E-state index < -0.39 is 89.1 Å². The second-order valence-electron chi connectivity index (χ2n) is 6.23. The third-order valence-corrected chi connectivity index (χ3v) is 6.72. The summed E-state index contributed by atoms with van der Waals surface area (Å²) in [6.07, 6.45) is -11.2. The fourth-order valence-corrected chi connectivity index (χ4v) is 4.29. The Hall–Kier alpha value is -2.58. The molecule has 0 aromatic heterocycles. The van der Waals surface area contributed by atoms with Crippen molar-refractivity contribution in [2.75, 3.05) is 12.4 Å². The molecule has 0 amide bonds. The second-order valence-corrected chi connectivity index (χ2v) is 9.71. The van der Waals surface area contributed by atoms with Crippen LogP contribution in [0.15, 0.2) is 28.0 Å². The molecule has 1 aromatic rings. The average Bonchev–Trinajstić information content (AvgIpc) is 2.69. The van der Waals surface area contributed by atoms with Crippen LogP contribution in [-0.4, -0.2) is 65.6 Å². The molecule has 1 rings (SSSR count). The van der Waals surface area contributed by atoms with Gasteiger partial charge in [0.1, 0.15) is 15.7 Å². The summed E-state index contributed by atoms with van der Waals surface area (Å²) >= 11 is 0. The van der Waals surface area contributed by atoms with E-state index in [2.05, 4.69) is 4.74 Å².